The zero-order valence-electron chi connectivity index (χ0n) is 15.5. The molecule has 3 aromatic rings. The maximum atomic E-state index is 13.1. The van der Waals surface area contributed by atoms with Crippen molar-refractivity contribution in [2.75, 3.05) is 0 Å². The van der Waals surface area contributed by atoms with E-state index in [-0.39, 0.29) is 11.3 Å². The Labute approximate surface area is 160 Å². The highest BCUT2D eigenvalue weighted by Crippen LogP contribution is 2.22. The van der Waals surface area contributed by atoms with Crippen LogP contribution in [0.15, 0.2) is 63.1 Å². The van der Waals surface area contributed by atoms with Crippen LogP contribution >= 0.6 is 0 Å². The highest BCUT2D eigenvalue weighted by molar-refractivity contribution is 5.84. The van der Waals surface area contributed by atoms with Gasteiger partial charge in [0.05, 0.1) is 11.4 Å². The molecular formula is C21H20FN3O3. The minimum atomic E-state index is -0.829. The summed E-state index contributed by atoms with van der Waals surface area (Å²) in [7, 11) is 0. The Kier molecular flexibility index (Phi) is 5.54. The Bertz CT molecular complexity index is 1110. The van der Waals surface area contributed by atoms with Gasteiger partial charge in [0.15, 0.2) is 0 Å². The number of halogens is 1. The maximum Gasteiger partial charge on any atom is 0.335 e. The lowest BCUT2D eigenvalue weighted by Crippen LogP contribution is -2.31. The van der Waals surface area contributed by atoms with Gasteiger partial charge in [-0.15, -0.1) is 0 Å². The van der Waals surface area contributed by atoms with E-state index in [2.05, 4.69) is 23.8 Å². The molecule has 0 amide bonds. The molecule has 3 rings (SSSR count). The summed E-state index contributed by atoms with van der Waals surface area (Å²) in [5.41, 5.74) is 0.241. The third kappa shape index (κ3) is 3.93. The lowest BCUT2D eigenvalue weighted by Gasteiger charge is -2.09. The van der Waals surface area contributed by atoms with Gasteiger partial charge in [-0.05, 0) is 54.3 Å². The van der Waals surface area contributed by atoms with E-state index in [0.717, 1.165) is 23.1 Å². The van der Waals surface area contributed by atoms with Crippen LogP contribution in [0.25, 0.3) is 5.69 Å². The van der Waals surface area contributed by atoms with Gasteiger partial charge in [0.25, 0.3) is 5.56 Å². The topological polar surface area (TPSA) is 87.4 Å². The molecular weight excluding hydrogens is 361 g/mol. The molecule has 28 heavy (non-hydrogen) atoms. The molecule has 6 nitrogen and oxygen atoms in total. The van der Waals surface area contributed by atoms with Gasteiger partial charge >= 0.3 is 5.69 Å². The number of aromatic amines is 1. The number of nitrogens with one attached hydrogen (secondary N) is 1. The van der Waals surface area contributed by atoms with Crippen LogP contribution in [0.2, 0.25) is 0 Å². The van der Waals surface area contributed by atoms with E-state index in [0.29, 0.717) is 11.6 Å². The van der Waals surface area contributed by atoms with Crippen LogP contribution in [-0.4, -0.2) is 20.9 Å². The molecule has 7 heteroatoms. The predicted molar refractivity (Wildman–Crippen MR) is 107 cm³/mol. The van der Waals surface area contributed by atoms with Crippen LogP contribution in [-0.2, 0) is 0 Å². The minimum absolute atomic E-state index is 0.171. The smallest absolute Gasteiger partial charge is 0.335 e. The lowest BCUT2D eigenvalue weighted by atomic mass is 9.99. The molecule has 2 aromatic carbocycles. The van der Waals surface area contributed by atoms with Gasteiger partial charge in [0.1, 0.15) is 11.4 Å². The molecule has 0 saturated carbocycles. The minimum Gasteiger partial charge on any atom is -0.493 e. The summed E-state index contributed by atoms with van der Waals surface area (Å²) in [5.74, 6) is -0.618. The standard InChI is InChI=1S/C21H20FN3O3/c1-3-13(2)14-4-8-16(9-5-14)23-12-18-19(26)24-21(28)25(20(18)27)17-10-6-15(22)7-11-17/h4-13,27H,3H2,1-2H3,(H,24,26,28). The normalized spacial score (nSPS) is 12.4. The molecule has 0 radical (unpaired) electrons. The van der Waals surface area contributed by atoms with Crippen LogP contribution in [0.5, 0.6) is 5.88 Å². The highest BCUT2D eigenvalue weighted by atomic mass is 19.1. The van der Waals surface area contributed by atoms with Crippen LogP contribution in [0.3, 0.4) is 0 Å². The molecule has 1 aromatic heterocycles. The second kappa shape index (κ2) is 8.04. The monoisotopic (exact) mass is 381 g/mol. The van der Waals surface area contributed by atoms with Gasteiger partial charge in [-0.2, -0.15) is 0 Å². The molecule has 1 atom stereocenters. The Morgan fingerprint density at radius 3 is 2.39 bits per heavy atom. The van der Waals surface area contributed by atoms with Crippen LogP contribution in [0.1, 0.15) is 37.3 Å². The first kappa shape index (κ1) is 19.3. The highest BCUT2D eigenvalue weighted by Gasteiger charge is 2.14. The van der Waals surface area contributed by atoms with E-state index in [9.17, 15) is 19.1 Å². The molecule has 1 unspecified atom stereocenters. The van der Waals surface area contributed by atoms with Gasteiger partial charge < -0.3 is 5.11 Å². The lowest BCUT2D eigenvalue weighted by molar-refractivity contribution is 0.430. The fourth-order valence-electron chi connectivity index (χ4n) is 2.75. The largest absolute Gasteiger partial charge is 0.493 e. The van der Waals surface area contributed by atoms with E-state index in [4.69, 9.17) is 0 Å². The van der Waals surface area contributed by atoms with Gasteiger partial charge in [-0.3, -0.25) is 14.8 Å². The average Bonchev–Trinajstić information content (AvgIpc) is 2.69. The predicted octanol–water partition coefficient (Wildman–Crippen LogP) is 3.63. The van der Waals surface area contributed by atoms with Gasteiger partial charge in [0, 0.05) is 6.21 Å². The molecule has 0 saturated heterocycles. The van der Waals surface area contributed by atoms with Crippen molar-refractivity contribution < 1.29 is 9.50 Å². The number of aliphatic imine (C=N–C) groups is 1. The van der Waals surface area contributed by atoms with E-state index in [1.165, 1.54) is 23.9 Å². The summed E-state index contributed by atoms with van der Waals surface area (Å²) in [6.07, 6.45) is 2.22. The summed E-state index contributed by atoms with van der Waals surface area (Å²) < 4.78 is 14.0. The van der Waals surface area contributed by atoms with Gasteiger partial charge in [-0.25, -0.2) is 13.8 Å². The van der Waals surface area contributed by atoms with Crippen molar-refractivity contribution in [1.82, 2.24) is 9.55 Å². The Morgan fingerprint density at radius 2 is 1.79 bits per heavy atom. The van der Waals surface area contributed by atoms with Crippen molar-refractivity contribution in [3.63, 3.8) is 0 Å². The van der Waals surface area contributed by atoms with Crippen molar-refractivity contribution in [3.05, 3.63) is 86.3 Å². The number of hydrogen-bond acceptors (Lipinski definition) is 4. The summed E-state index contributed by atoms with van der Waals surface area (Å²) >= 11 is 0. The molecule has 144 valence electrons. The quantitative estimate of drug-likeness (QED) is 0.662. The van der Waals surface area contributed by atoms with Crippen molar-refractivity contribution in [2.45, 2.75) is 26.2 Å². The molecule has 1 heterocycles. The first-order valence-corrected chi connectivity index (χ1v) is 8.89. The first-order chi connectivity index (χ1) is 13.4. The number of benzene rings is 2. The van der Waals surface area contributed by atoms with Crippen LogP contribution in [0.4, 0.5) is 10.1 Å². The average molecular weight is 381 g/mol. The molecule has 0 bridgehead atoms. The number of aromatic nitrogens is 2. The van der Waals surface area contributed by atoms with Crippen LogP contribution in [0, 0.1) is 5.82 Å². The fourth-order valence-corrected chi connectivity index (χ4v) is 2.75. The number of H-pyrrole nitrogens is 1. The Hall–Kier alpha value is -3.48. The third-order valence-corrected chi connectivity index (χ3v) is 4.62. The van der Waals surface area contributed by atoms with E-state index in [1.54, 1.807) is 0 Å². The van der Waals surface area contributed by atoms with Crippen molar-refractivity contribution in [3.8, 4) is 11.6 Å². The molecule has 0 fully saturated rings. The molecule has 0 aliphatic rings. The van der Waals surface area contributed by atoms with E-state index >= 15 is 0 Å². The summed E-state index contributed by atoms with van der Waals surface area (Å²) in [6.45, 7) is 4.25. The summed E-state index contributed by atoms with van der Waals surface area (Å²) in [5, 5.41) is 10.5. The Morgan fingerprint density at radius 1 is 1.14 bits per heavy atom. The van der Waals surface area contributed by atoms with Crippen molar-refractivity contribution in [2.24, 2.45) is 4.99 Å². The second-order valence-corrected chi connectivity index (χ2v) is 6.47. The van der Waals surface area contributed by atoms with E-state index in [1.807, 2.05) is 24.3 Å². The zero-order valence-corrected chi connectivity index (χ0v) is 15.5. The molecule has 2 N–H and O–H groups in total. The fraction of sp³-hybridized carbons (Fsp3) is 0.190. The second-order valence-electron chi connectivity index (χ2n) is 6.47. The Balaban J connectivity index is 1.99. The summed E-state index contributed by atoms with van der Waals surface area (Å²) in [4.78, 5) is 30.6. The SMILES string of the molecule is CCC(C)c1ccc(N=Cc2c(O)n(-c3ccc(F)cc3)c(=O)[nH]c2=O)cc1. The van der Waals surface area contributed by atoms with Gasteiger partial charge in [-0.1, -0.05) is 26.0 Å². The molecule has 0 aliphatic carbocycles. The number of hydrogen-bond donors (Lipinski definition) is 2. The third-order valence-electron chi connectivity index (χ3n) is 4.62. The molecule has 0 spiro atoms. The summed E-state index contributed by atoms with van der Waals surface area (Å²) in [6, 6.07) is 12.5. The van der Waals surface area contributed by atoms with Gasteiger partial charge in [0.2, 0.25) is 5.88 Å². The van der Waals surface area contributed by atoms with E-state index < -0.39 is 22.9 Å². The van der Waals surface area contributed by atoms with Crippen molar-refractivity contribution >= 4 is 11.9 Å². The molecule has 0 aliphatic heterocycles. The first-order valence-electron chi connectivity index (χ1n) is 8.89. The van der Waals surface area contributed by atoms with Crippen LogP contribution < -0.4 is 11.2 Å². The number of nitrogens with zero attached hydrogens (tertiary/aromatic N) is 2. The van der Waals surface area contributed by atoms with Crippen molar-refractivity contribution in [1.29, 1.82) is 0 Å². The zero-order chi connectivity index (χ0) is 20.3. The number of rotatable bonds is 5. The maximum absolute atomic E-state index is 13.1. The number of aromatic hydroxyl groups is 1.